The summed E-state index contributed by atoms with van der Waals surface area (Å²) in [6.07, 6.45) is 1.98. The third-order valence-corrected chi connectivity index (χ3v) is 4.26. The highest BCUT2D eigenvalue weighted by Gasteiger charge is 2.38. The summed E-state index contributed by atoms with van der Waals surface area (Å²) in [5.41, 5.74) is 1.22. The molecule has 1 aromatic rings. The van der Waals surface area contributed by atoms with Crippen molar-refractivity contribution < 1.29 is 9.47 Å². The third kappa shape index (κ3) is 3.19. The minimum atomic E-state index is -0.0109. The smallest absolute Gasteiger partial charge is 0.118 e. The van der Waals surface area contributed by atoms with Crippen molar-refractivity contribution >= 4 is 5.84 Å². The Balaban J connectivity index is 1.65. The van der Waals surface area contributed by atoms with Crippen LogP contribution in [0.15, 0.2) is 29.3 Å². The molecule has 1 fully saturated rings. The lowest BCUT2D eigenvalue weighted by atomic mass is 9.87. The highest BCUT2D eigenvalue weighted by Crippen LogP contribution is 2.24. The summed E-state index contributed by atoms with van der Waals surface area (Å²) in [5.74, 6) is 1.98. The van der Waals surface area contributed by atoms with Gasteiger partial charge in [-0.2, -0.15) is 0 Å². The Bertz CT molecular complexity index is 493. The molecule has 0 atom stereocenters. The average molecular weight is 289 g/mol. The quantitative estimate of drug-likeness (QED) is 0.881. The van der Waals surface area contributed by atoms with E-state index >= 15 is 0 Å². The summed E-state index contributed by atoms with van der Waals surface area (Å²) in [4.78, 5) is 4.72. The van der Waals surface area contributed by atoms with Gasteiger partial charge in [0.2, 0.25) is 0 Å². The lowest BCUT2D eigenvalue weighted by Gasteiger charge is -2.41. The molecule has 5 heteroatoms. The van der Waals surface area contributed by atoms with E-state index in [4.69, 9.17) is 14.5 Å². The Morgan fingerprint density at radius 2 is 2.05 bits per heavy atom. The van der Waals surface area contributed by atoms with Crippen molar-refractivity contribution in [2.24, 2.45) is 4.99 Å². The van der Waals surface area contributed by atoms with Gasteiger partial charge in [-0.3, -0.25) is 4.99 Å². The average Bonchev–Trinajstić information content (AvgIpc) is 2.55. The molecule has 0 bridgehead atoms. The zero-order valence-electron chi connectivity index (χ0n) is 12.5. The summed E-state index contributed by atoms with van der Waals surface area (Å²) in [6, 6.07) is 8.14. The molecule has 0 unspecified atom stereocenters. The Morgan fingerprint density at radius 3 is 2.76 bits per heavy atom. The summed E-state index contributed by atoms with van der Waals surface area (Å²) in [6.45, 7) is 4.18. The fraction of sp³-hybridized carbons (Fsp3) is 0.562. The summed E-state index contributed by atoms with van der Waals surface area (Å²) < 4.78 is 10.7. The third-order valence-electron chi connectivity index (χ3n) is 4.26. The summed E-state index contributed by atoms with van der Waals surface area (Å²) >= 11 is 0. The van der Waals surface area contributed by atoms with Crippen LogP contribution in [0.4, 0.5) is 0 Å². The number of rotatable bonds is 3. The van der Waals surface area contributed by atoms with Gasteiger partial charge in [0.25, 0.3) is 0 Å². The van der Waals surface area contributed by atoms with Crippen LogP contribution < -0.4 is 15.4 Å². The van der Waals surface area contributed by atoms with Crippen LogP contribution in [0.1, 0.15) is 18.4 Å². The second-order valence-corrected chi connectivity index (χ2v) is 5.55. The lowest BCUT2D eigenvalue weighted by Crippen LogP contribution is -2.62. The number of amidine groups is 1. The van der Waals surface area contributed by atoms with Crippen LogP contribution in [0.25, 0.3) is 0 Å². The predicted octanol–water partition coefficient (Wildman–Crippen LogP) is 1.34. The molecule has 21 heavy (non-hydrogen) atoms. The molecule has 2 aliphatic heterocycles. The molecule has 0 amide bonds. The molecule has 2 heterocycles. The number of hydrogen-bond donors (Lipinski definition) is 2. The number of methoxy groups -OCH3 is 1. The Kier molecular flexibility index (Phi) is 4.41. The van der Waals surface area contributed by atoms with E-state index in [0.717, 1.165) is 57.3 Å². The maximum atomic E-state index is 5.50. The monoisotopic (exact) mass is 289 g/mol. The van der Waals surface area contributed by atoms with Crippen LogP contribution >= 0.6 is 0 Å². The Hall–Kier alpha value is -1.59. The second kappa shape index (κ2) is 6.45. The molecule has 0 aliphatic carbocycles. The number of hydrogen-bond acceptors (Lipinski definition) is 5. The first-order chi connectivity index (χ1) is 10.3. The fourth-order valence-corrected chi connectivity index (χ4v) is 2.99. The molecule has 1 aromatic carbocycles. The van der Waals surface area contributed by atoms with Gasteiger partial charge < -0.3 is 20.1 Å². The number of aliphatic imine (C=N–C) groups is 1. The molecule has 0 saturated carbocycles. The zero-order chi connectivity index (χ0) is 14.5. The van der Waals surface area contributed by atoms with Crippen molar-refractivity contribution in [2.75, 3.05) is 33.4 Å². The van der Waals surface area contributed by atoms with Crippen molar-refractivity contribution in [3.8, 4) is 5.75 Å². The normalized spacial score (nSPS) is 20.9. The van der Waals surface area contributed by atoms with Gasteiger partial charge in [-0.1, -0.05) is 12.1 Å². The van der Waals surface area contributed by atoms with Crippen LogP contribution in [0.2, 0.25) is 0 Å². The number of nitrogens with zero attached hydrogens (tertiary/aromatic N) is 1. The van der Waals surface area contributed by atoms with Crippen LogP contribution in [0.5, 0.6) is 5.75 Å². The molecule has 0 radical (unpaired) electrons. The van der Waals surface area contributed by atoms with E-state index in [-0.39, 0.29) is 5.54 Å². The number of benzene rings is 1. The zero-order valence-corrected chi connectivity index (χ0v) is 12.5. The van der Waals surface area contributed by atoms with Gasteiger partial charge in [0.05, 0.1) is 19.2 Å². The first-order valence-corrected chi connectivity index (χ1v) is 7.57. The van der Waals surface area contributed by atoms with E-state index in [0.29, 0.717) is 0 Å². The minimum absolute atomic E-state index is 0.0109. The Labute approximate surface area is 125 Å². The van der Waals surface area contributed by atoms with Gasteiger partial charge in [-0.15, -0.1) is 0 Å². The van der Waals surface area contributed by atoms with Crippen molar-refractivity contribution in [3.63, 3.8) is 0 Å². The van der Waals surface area contributed by atoms with Crippen LogP contribution in [-0.4, -0.2) is 44.8 Å². The molecular formula is C16H23N3O2. The predicted molar refractivity (Wildman–Crippen MR) is 82.9 cm³/mol. The van der Waals surface area contributed by atoms with Gasteiger partial charge in [-0.25, -0.2) is 0 Å². The first kappa shape index (κ1) is 14.4. The number of ether oxygens (including phenoxy) is 2. The van der Waals surface area contributed by atoms with Gasteiger partial charge in [-0.05, 0) is 30.5 Å². The van der Waals surface area contributed by atoms with E-state index < -0.39 is 0 Å². The lowest BCUT2D eigenvalue weighted by molar-refractivity contribution is 0.0595. The van der Waals surface area contributed by atoms with Gasteiger partial charge >= 0.3 is 0 Å². The molecule has 0 aromatic heterocycles. The van der Waals surface area contributed by atoms with Crippen molar-refractivity contribution in [2.45, 2.75) is 24.9 Å². The SMILES string of the molecule is COc1ccc(CNC2=NCCNC23CCOCC3)cc1. The van der Waals surface area contributed by atoms with Crippen molar-refractivity contribution in [1.82, 2.24) is 10.6 Å². The van der Waals surface area contributed by atoms with Crippen LogP contribution in [0, 0.1) is 0 Å². The first-order valence-electron chi connectivity index (χ1n) is 7.57. The standard InChI is InChI=1S/C16H23N3O2/c1-20-14-4-2-13(3-5-14)12-18-15-16(19-9-8-17-15)6-10-21-11-7-16/h2-5,19H,6-12H2,1H3,(H,17,18). The van der Waals surface area contributed by atoms with E-state index in [1.807, 2.05) is 12.1 Å². The molecule has 3 rings (SSSR count). The molecule has 1 spiro atoms. The topological polar surface area (TPSA) is 54.9 Å². The number of nitrogens with one attached hydrogen (secondary N) is 2. The van der Waals surface area contributed by atoms with E-state index in [9.17, 15) is 0 Å². The Morgan fingerprint density at radius 1 is 1.29 bits per heavy atom. The van der Waals surface area contributed by atoms with Crippen molar-refractivity contribution in [3.05, 3.63) is 29.8 Å². The van der Waals surface area contributed by atoms with Gasteiger partial charge in [0, 0.05) is 26.3 Å². The van der Waals surface area contributed by atoms with Crippen LogP contribution in [0.3, 0.4) is 0 Å². The second-order valence-electron chi connectivity index (χ2n) is 5.55. The largest absolute Gasteiger partial charge is 0.497 e. The maximum absolute atomic E-state index is 5.50. The minimum Gasteiger partial charge on any atom is -0.497 e. The van der Waals surface area contributed by atoms with Crippen molar-refractivity contribution in [1.29, 1.82) is 0 Å². The van der Waals surface area contributed by atoms with E-state index in [1.54, 1.807) is 7.11 Å². The molecule has 5 nitrogen and oxygen atoms in total. The maximum Gasteiger partial charge on any atom is 0.118 e. The van der Waals surface area contributed by atoms with Gasteiger partial charge in [0.15, 0.2) is 0 Å². The summed E-state index contributed by atoms with van der Waals surface area (Å²) in [7, 11) is 1.69. The molecular weight excluding hydrogens is 266 g/mol. The molecule has 2 aliphatic rings. The van der Waals surface area contributed by atoms with E-state index in [1.165, 1.54) is 5.56 Å². The molecule has 114 valence electrons. The molecule has 1 saturated heterocycles. The van der Waals surface area contributed by atoms with Gasteiger partial charge in [0.1, 0.15) is 11.6 Å². The fourth-order valence-electron chi connectivity index (χ4n) is 2.99. The molecule has 2 N–H and O–H groups in total. The summed E-state index contributed by atoms with van der Waals surface area (Å²) in [5, 5.41) is 7.17. The van der Waals surface area contributed by atoms with Crippen LogP contribution in [-0.2, 0) is 11.3 Å². The highest BCUT2D eigenvalue weighted by molar-refractivity contribution is 5.92. The van der Waals surface area contributed by atoms with E-state index in [2.05, 4.69) is 22.8 Å². The highest BCUT2D eigenvalue weighted by atomic mass is 16.5.